The predicted molar refractivity (Wildman–Crippen MR) is 81.7 cm³/mol. The zero-order chi connectivity index (χ0) is 16.5. The predicted octanol–water partition coefficient (Wildman–Crippen LogP) is 0.738. The topological polar surface area (TPSA) is 109 Å². The van der Waals surface area contributed by atoms with Gasteiger partial charge in [-0.25, -0.2) is 16.8 Å². The molecule has 1 fully saturated rings. The largest absolute Gasteiger partial charge is 0.277 e. The average Bonchev–Trinajstić information content (AvgIpc) is 2.79. The van der Waals surface area contributed by atoms with Crippen LogP contribution in [0.15, 0.2) is 23.1 Å². The first kappa shape index (κ1) is 17.5. The number of hydrazine groups is 1. The van der Waals surface area contributed by atoms with Gasteiger partial charge in [-0.3, -0.25) is 10.2 Å². The van der Waals surface area contributed by atoms with E-state index in [0.717, 1.165) is 6.07 Å². The van der Waals surface area contributed by atoms with Gasteiger partial charge in [0, 0.05) is 5.02 Å². The van der Waals surface area contributed by atoms with E-state index in [-0.39, 0.29) is 32.9 Å². The van der Waals surface area contributed by atoms with Gasteiger partial charge in [0.2, 0.25) is 5.91 Å². The molecule has 1 atom stereocenters. The van der Waals surface area contributed by atoms with Crippen LogP contribution in [0.4, 0.5) is 0 Å². The number of carbonyl (C=O) groups excluding carboxylic acids is 1. The lowest BCUT2D eigenvalue weighted by Gasteiger charge is -2.12. The summed E-state index contributed by atoms with van der Waals surface area (Å²) in [6, 6.07) is 3.87. The Hall–Kier alpha value is -0.870. The second-order valence-corrected chi connectivity index (χ2v) is 9.49. The minimum Gasteiger partial charge on any atom is -0.277 e. The summed E-state index contributed by atoms with van der Waals surface area (Å²) in [6.07, 6.45) is 0.161. The summed E-state index contributed by atoms with van der Waals surface area (Å²) in [6.45, 7) is 0. The molecule has 1 aromatic rings. The maximum atomic E-state index is 12.1. The Kier molecular flexibility index (Phi) is 5.03. The fraction of sp³-hybridized carbons (Fsp3) is 0.364. The van der Waals surface area contributed by atoms with E-state index >= 15 is 0 Å². The molecule has 7 nitrogen and oxygen atoms in total. The monoisotopic (exact) mass is 386 g/mol. The number of nitrogens with one attached hydrogen (secondary N) is 2. The highest BCUT2D eigenvalue weighted by atomic mass is 35.5. The van der Waals surface area contributed by atoms with Gasteiger partial charge in [0.15, 0.2) is 9.84 Å². The van der Waals surface area contributed by atoms with Gasteiger partial charge in [0.05, 0.1) is 22.4 Å². The van der Waals surface area contributed by atoms with E-state index in [0.29, 0.717) is 0 Å². The molecule has 1 aromatic carbocycles. The Bertz CT molecular complexity index is 808. The minimum atomic E-state index is -4.11. The molecule has 0 saturated carbocycles. The summed E-state index contributed by atoms with van der Waals surface area (Å²) in [5, 5.41) is 0.104. The van der Waals surface area contributed by atoms with Crippen LogP contribution in [-0.4, -0.2) is 34.2 Å². The first-order chi connectivity index (χ1) is 10.1. The molecule has 1 aliphatic heterocycles. The second-order valence-electron chi connectivity index (χ2n) is 4.77. The van der Waals surface area contributed by atoms with E-state index in [9.17, 15) is 21.6 Å². The van der Waals surface area contributed by atoms with Crippen LogP contribution in [0.25, 0.3) is 0 Å². The molecule has 0 unspecified atom stereocenters. The molecular weight excluding hydrogens is 375 g/mol. The number of hydrogen-bond acceptors (Lipinski definition) is 5. The van der Waals surface area contributed by atoms with Crippen LogP contribution >= 0.6 is 23.2 Å². The van der Waals surface area contributed by atoms with E-state index in [4.69, 9.17) is 23.2 Å². The Balaban J connectivity index is 2.07. The van der Waals surface area contributed by atoms with Gasteiger partial charge in [0.1, 0.15) is 4.90 Å². The van der Waals surface area contributed by atoms with E-state index in [1.807, 2.05) is 10.3 Å². The highest BCUT2D eigenvalue weighted by Crippen LogP contribution is 2.24. The van der Waals surface area contributed by atoms with Crippen molar-refractivity contribution in [3.8, 4) is 0 Å². The van der Waals surface area contributed by atoms with Gasteiger partial charge < -0.3 is 0 Å². The molecule has 2 rings (SSSR count). The third kappa shape index (κ3) is 4.11. The Morgan fingerprint density at radius 3 is 2.55 bits per heavy atom. The van der Waals surface area contributed by atoms with Gasteiger partial charge in [-0.15, -0.1) is 4.83 Å². The third-order valence-electron chi connectivity index (χ3n) is 3.09. The average molecular weight is 387 g/mol. The standard InChI is InChI=1S/C11H12Cl2N2O5S2/c12-8-1-2-9(13)10(5-8)22(19,20)15-14-11(16)7-3-4-21(17,18)6-7/h1-2,5,7,15H,3-4,6H2,(H,14,16)/t7-/m1/s1. The highest BCUT2D eigenvalue weighted by Gasteiger charge is 2.33. The van der Waals surface area contributed by atoms with Crippen LogP contribution in [0, 0.1) is 5.92 Å². The lowest BCUT2D eigenvalue weighted by molar-refractivity contribution is -0.124. The number of benzene rings is 1. The maximum Gasteiger partial charge on any atom is 0.258 e. The Morgan fingerprint density at radius 1 is 1.27 bits per heavy atom. The molecule has 0 spiro atoms. The summed E-state index contributed by atoms with van der Waals surface area (Å²) in [7, 11) is -7.35. The van der Waals surface area contributed by atoms with Gasteiger partial charge in [-0.05, 0) is 24.6 Å². The first-order valence-electron chi connectivity index (χ1n) is 6.08. The Morgan fingerprint density at radius 2 is 1.95 bits per heavy atom. The van der Waals surface area contributed by atoms with Crippen LogP contribution in [0.1, 0.15) is 6.42 Å². The van der Waals surface area contributed by atoms with Crippen molar-refractivity contribution in [2.24, 2.45) is 5.92 Å². The van der Waals surface area contributed by atoms with Crippen LogP contribution in [0.3, 0.4) is 0 Å². The number of sulfonamides is 1. The van der Waals surface area contributed by atoms with Crippen LogP contribution < -0.4 is 10.3 Å². The fourth-order valence-corrected chi connectivity index (χ4v) is 5.31. The molecular formula is C11H12Cl2N2O5S2. The summed E-state index contributed by atoms with van der Waals surface area (Å²) in [4.78, 5) is 13.4. The lowest BCUT2D eigenvalue weighted by atomic mass is 10.1. The molecule has 1 saturated heterocycles. The molecule has 22 heavy (non-hydrogen) atoms. The molecule has 2 N–H and O–H groups in total. The van der Waals surface area contributed by atoms with E-state index in [2.05, 4.69) is 0 Å². The molecule has 0 aliphatic carbocycles. The third-order valence-corrected chi connectivity index (χ3v) is 6.83. The molecule has 0 bridgehead atoms. The maximum absolute atomic E-state index is 12.1. The van der Waals surface area contributed by atoms with Gasteiger partial charge in [0.25, 0.3) is 10.0 Å². The zero-order valence-corrected chi connectivity index (χ0v) is 14.2. The summed E-state index contributed by atoms with van der Waals surface area (Å²) in [5.41, 5.74) is 2.00. The minimum absolute atomic E-state index is 0.0606. The van der Waals surface area contributed by atoms with Crippen molar-refractivity contribution in [1.29, 1.82) is 0 Å². The highest BCUT2D eigenvalue weighted by molar-refractivity contribution is 7.91. The van der Waals surface area contributed by atoms with Crippen LogP contribution in [-0.2, 0) is 24.7 Å². The van der Waals surface area contributed by atoms with Crippen LogP contribution in [0.2, 0.25) is 10.0 Å². The van der Waals surface area contributed by atoms with Crippen molar-refractivity contribution >= 4 is 49.0 Å². The second kappa shape index (κ2) is 6.32. The van der Waals surface area contributed by atoms with Crippen molar-refractivity contribution in [2.45, 2.75) is 11.3 Å². The zero-order valence-electron chi connectivity index (χ0n) is 11.0. The van der Waals surface area contributed by atoms with E-state index in [1.165, 1.54) is 12.1 Å². The van der Waals surface area contributed by atoms with Crippen molar-refractivity contribution in [3.63, 3.8) is 0 Å². The fourth-order valence-electron chi connectivity index (χ4n) is 1.96. The van der Waals surface area contributed by atoms with Gasteiger partial charge in [-0.2, -0.15) is 0 Å². The smallest absolute Gasteiger partial charge is 0.258 e. The number of amides is 1. The summed E-state index contributed by atoms with van der Waals surface area (Å²) in [5.74, 6) is -1.86. The van der Waals surface area contributed by atoms with E-state index in [1.54, 1.807) is 0 Å². The number of halogens is 2. The number of rotatable bonds is 4. The SMILES string of the molecule is O=C(NNS(=O)(=O)c1cc(Cl)ccc1Cl)[C@@H]1CCS(=O)(=O)C1. The molecule has 11 heteroatoms. The van der Waals surface area contributed by atoms with Crippen LogP contribution in [0.5, 0.6) is 0 Å². The van der Waals surface area contributed by atoms with Crippen molar-refractivity contribution < 1.29 is 21.6 Å². The molecule has 1 aliphatic rings. The molecule has 0 radical (unpaired) electrons. The summed E-state index contributed by atoms with van der Waals surface area (Å²) >= 11 is 11.5. The van der Waals surface area contributed by atoms with E-state index < -0.39 is 31.7 Å². The van der Waals surface area contributed by atoms with Crippen molar-refractivity contribution in [1.82, 2.24) is 10.3 Å². The Labute approximate surface area is 137 Å². The molecule has 1 heterocycles. The van der Waals surface area contributed by atoms with Gasteiger partial charge >= 0.3 is 0 Å². The first-order valence-corrected chi connectivity index (χ1v) is 10.1. The number of sulfone groups is 1. The van der Waals surface area contributed by atoms with Gasteiger partial charge in [-0.1, -0.05) is 23.2 Å². The normalized spacial score (nSPS) is 20.7. The molecule has 1 amide bonds. The molecule has 0 aromatic heterocycles. The molecule has 122 valence electrons. The number of hydrogen-bond donors (Lipinski definition) is 2. The lowest BCUT2D eigenvalue weighted by Crippen LogP contribution is -2.44. The van der Waals surface area contributed by atoms with Crippen molar-refractivity contribution in [2.75, 3.05) is 11.5 Å². The summed E-state index contributed by atoms with van der Waals surface area (Å²) < 4.78 is 46.7. The number of carbonyl (C=O) groups is 1. The van der Waals surface area contributed by atoms with Crippen molar-refractivity contribution in [3.05, 3.63) is 28.2 Å². The quantitative estimate of drug-likeness (QED) is 0.741.